The molecule has 0 aliphatic carbocycles. The van der Waals surface area contributed by atoms with Gasteiger partial charge in [0.2, 0.25) is 5.88 Å². The molecule has 1 aromatic heterocycles. The molecule has 1 aromatic carbocycles. The van der Waals surface area contributed by atoms with Crippen LogP contribution in [-0.4, -0.2) is 26.7 Å². The minimum atomic E-state index is -1.23. The first-order valence-electron chi connectivity index (χ1n) is 7.25. The van der Waals surface area contributed by atoms with Gasteiger partial charge >= 0.3 is 5.69 Å². The topological polar surface area (TPSA) is 96.4 Å². The van der Waals surface area contributed by atoms with Crippen LogP contribution < -0.4 is 16.0 Å². The number of ether oxygens (including phenoxy) is 1. The van der Waals surface area contributed by atoms with Crippen molar-refractivity contribution < 1.29 is 9.66 Å². The van der Waals surface area contributed by atoms with Crippen molar-refractivity contribution >= 4 is 23.2 Å². The predicted octanol–water partition coefficient (Wildman–Crippen LogP) is 1.56. The Morgan fingerprint density at radius 1 is 1.24 bits per heavy atom. The maximum Gasteiger partial charge on any atom is 0.333 e. The minimum absolute atomic E-state index is 0.0159. The number of nitro groups is 1. The molecule has 10 heteroatoms. The summed E-state index contributed by atoms with van der Waals surface area (Å²) in [5, 5.41) is 12.1. The number of hydrogen-bond acceptors (Lipinski definition) is 5. The van der Waals surface area contributed by atoms with Crippen LogP contribution in [0.3, 0.4) is 0 Å². The number of benzene rings is 1. The molecule has 0 amide bonds. The smallest absolute Gasteiger partial charge is 0.333 e. The highest BCUT2D eigenvalue weighted by atomic mass is 35.5. The van der Waals surface area contributed by atoms with E-state index in [2.05, 4.69) is 0 Å². The van der Waals surface area contributed by atoms with Gasteiger partial charge in [-0.2, -0.15) is 0 Å². The van der Waals surface area contributed by atoms with Crippen LogP contribution in [-0.2, 0) is 14.1 Å². The Morgan fingerprint density at radius 3 is 2.52 bits per heavy atom. The Balaban J connectivity index is 2.37. The first-order chi connectivity index (χ1) is 11.7. The van der Waals surface area contributed by atoms with Crippen LogP contribution in [0.5, 0.6) is 5.88 Å². The molecule has 0 radical (unpaired) electrons. The summed E-state index contributed by atoms with van der Waals surface area (Å²) >= 11 is 12.1. The standard InChI is InChI=1S/C15H13Cl2N3O5/c1-18-13(21)12-11(8-4-3-7(16)5-9(8)17)10(20(23)24)6-25-14(12)19(2)15(18)22/h3-5,10-11H,6H2,1-2H3/t10-,11+/m0/s1. The number of nitrogens with zero attached hydrogens (tertiary/aromatic N) is 3. The zero-order chi connectivity index (χ0) is 18.5. The largest absolute Gasteiger partial charge is 0.471 e. The first kappa shape index (κ1) is 17.5. The Bertz CT molecular complexity index is 998. The van der Waals surface area contributed by atoms with Gasteiger partial charge in [0.25, 0.3) is 11.6 Å². The van der Waals surface area contributed by atoms with Gasteiger partial charge in [-0.25, -0.2) is 4.79 Å². The molecule has 1 aliphatic heterocycles. The predicted molar refractivity (Wildman–Crippen MR) is 91.5 cm³/mol. The summed E-state index contributed by atoms with van der Waals surface area (Å²) in [6.45, 7) is -0.288. The van der Waals surface area contributed by atoms with Crippen LogP contribution >= 0.6 is 23.2 Å². The highest BCUT2D eigenvalue weighted by Crippen LogP contribution is 2.40. The van der Waals surface area contributed by atoms with Gasteiger partial charge in [0.1, 0.15) is 0 Å². The van der Waals surface area contributed by atoms with Crippen LogP contribution in [0.2, 0.25) is 10.0 Å². The molecule has 8 nitrogen and oxygen atoms in total. The molecule has 132 valence electrons. The molecule has 0 spiro atoms. The lowest BCUT2D eigenvalue weighted by Crippen LogP contribution is -2.47. The maximum absolute atomic E-state index is 12.7. The Labute approximate surface area is 151 Å². The highest BCUT2D eigenvalue weighted by Gasteiger charge is 2.44. The second-order valence-corrected chi connectivity index (χ2v) is 6.58. The molecule has 2 heterocycles. The van der Waals surface area contributed by atoms with E-state index >= 15 is 0 Å². The van der Waals surface area contributed by atoms with E-state index in [4.69, 9.17) is 27.9 Å². The van der Waals surface area contributed by atoms with Gasteiger partial charge in [-0.1, -0.05) is 29.3 Å². The van der Waals surface area contributed by atoms with Crippen LogP contribution in [0.4, 0.5) is 0 Å². The minimum Gasteiger partial charge on any atom is -0.471 e. The van der Waals surface area contributed by atoms with Crippen molar-refractivity contribution in [3.8, 4) is 5.88 Å². The van der Waals surface area contributed by atoms with Crippen molar-refractivity contribution in [1.82, 2.24) is 9.13 Å². The first-order valence-corrected chi connectivity index (χ1v) is 8.00. The van der Waals surface area contributed by atoms with Crippen LogP contribution in [0.25, 0.3) is 0 Å². The number of rotatable bonds is 2. The van der Waals surface area contributed by atoms with E-state index < -0.39 is 28.1 Å². The van der Waals surface area contributed by atoms with E-state index in [-0.39, 0.29) is 23.1 Å². The van der Waals surface area contributed by atoms with Gasteiger partial charge in [0.15, 0.2) is 6.61 Å². The van der Waals surface area contributed by atoms with Gasteiger partial charge in [0.05, 0.1) is 11.5 Å². The molecule has 0 unspecified atom stereocenters. The lowest BCUT2D eigenvalue weighted by Gasteiger charge is -2.29. The molecule has 0 saturated heterocycles. The molecule has 0 N–H and O–H groups in total. The zero-order valence-electron chi connectivity index (χ0n) is 13.2. The molecular formula is C15H13Cl2N3O5. The molecule has 0 bridgehead atoms. The summed E-state index contributed by atoms with van der Waals surface area (Å²) in [6.07, 6.45) is 0. The second kappa shape index (κ2) is 6.20. The molecule has 2 atom stereocenters. The fourth-order valence-electron chi connectivity index (χ4n) is 3.04. The highest BCUT2D eigenvalue weighted by molar-refractivity contribution is 6.35. The van der Waals surface area contributed by atoms with Crippen molar-refractivity contribution in [2.24, 2.45) is 14.1 Å². The van der Waals surface area contributed by atoms with Crippen LogP contribution in [0, 0.1) is 10.1 Å². The van der Waals surface area contributed by atoms with Crippen LogP contribution in [0.15, 0.2) is 27.8 Å². The average Bonchev–Trinajstić information content (AvgIpc) is 2.57. The Hall–Kier alpha value is -2.32. The Kier molecular flexibility index (Phi) is 4.34. The normalized spacial score (nSPS) is 19.2. The van der Waals surface area contributed by atoms with Crippen molar-refractivity contribution in [2.75, 3.05) is 6.61 Å². The number of aromatic nitrogens is 2. The quantitative estimate of drug-likeness (QED) is 0.577. The third-order valence-corrected chi connectivity index (χ3v) is 4.86. The number of fused-ring (bicyclic) bond motifs is 1. The van der Waals surface area contributed by atoms with Gasteiger partial charge in [-0.05, 0) is 17.7 Å². The van der Waals surface area contributed by atoms with Crippen molar-refractivity contribution in [3.05, 3.63) is 70.3 Å². The number of halogens is 2. The fourth-order valence-corrected chi connectivity index (χ4v) is 3.57. The van der Waals surface area contributed by atoms with E-state index in [0.29, 0.717) is 10.6 Å². The fraction of sp³-hybridized carbons (Fsp3) is 0.333. The van der Waals surface area contributed by atoms with Crippen LogP contribution in [0.1, 0.15) is 17.0 Å². The van der Waals surface area contributed by atoms with E-state index in [1.165, 1.54) is 20.2 Å². The molecule has 1 aliphatic rings. The summed E-state index contributed by atoms with van der Waals surface area (Å²) in [4.78, 5) is 35.8. The van der Waals surface area contributed by atoms with Gasteiger partial charge < -0.3 is 4.74 Å². The summed E-state index contributed by atoms with van der Waals surface area (Å²) < 4.78 is 7.45. The summed E-state index contributed by atoms with van der Waals surface area (Å²) in [5.41, 5.74) is -0.820. The lowest BCUT2D eigenvalue weighted by molar-refractivity contribution is -0.528. The summed E-state index contributed by atoms with van der Waals surface area (Å²) in [7, 11) is 2.74. The van der Waals surface area contributed by atoms with Gasteiger partial charge in [0, 0.05) is 29.1 Å². The molecule has 3 rings (SSSR count). The summed E-state index contributed by atoms with van der Waals surface area (Å²) in [6, 6.07) is 3.32. The van der Waals surface area contributed by atoms with Crippen molar-refractivity contribution in [3.63, 3.8) is 0 Å². The van der Waals surface area contributed by atoms with Gasteiger partial charge in [-0.3, -0.25) is 24.0 Å². The van der Waals surface area contributed by atoms with E-state index in [0.717, 1.165) is 9.13 Å². The molecule has 2 aromatic rings. The average molecular weight is 386 g/mol. The van der Waals surface area contributed by atoms with E-state index in [1.54, 1.807) is 12.1 Å². The molecule has 0 fully saturated rings. The van der Waals surface area contributed by atoms with Gasteiger partial charge in [-0.15, -0.1) is 0 Å². The molecule has 25 heavy (non-hydrogen) atoms. The van der Waals surface area contributed by atoms with E-state index in [1.807, 2.05) is 0 Å². The molecule has 0 saturated carbocycles. The third kappa shape index (κ3) is 2.71. The SMILES string of the molecule is Cn1c2c(c(=O)n(C)c1=O)[C@H](c1ccc(Cl)cc1Cl)[C@@H]([N+](=O)[O-])CO2. The molecular weight excluding hydrogens is 373 g/mol. The second-order valence-electron chi connectivity index (χ2n) is 5.73. The third-order valence-electron chi connectivity index (χ3n) is 4.30. The zero-order valence-corrected chi connectivity index (χ0v) is 14.7. The maximum atomic E-state index is 12.7. The van der Waals surface area contributed by atoms with Crippen molar-refractivity contribution in [1.29, 1.82) is 0 Å². The van der Waals surface area contributed by atoms with E-state index in [9.17, 15) is 19.7 Å². The summed E-state index contributed by atoms with van der Waals surface area (Å²) in [5.74, 6) is -0.948. The number of hydrogen-bond donors (Lipinski definition) is 0. The monoisotopic (exact) mass is 385 g/mol. The lowest BCUT2D eigenvalue weighted by atomic mass is 9.85. The van der Waals surface area contributed by atoms with Crippen molar-refractivity contribution in [2.45, 2.75) is 12.0 Å². The Morgan fingerprint density at radius 2 is 1.92 bits per heavy atom.